The molecule has 1 N–H and O–H groups in total. The van der Waals surface area contributed by atoms with E-state index in [0.29, 0.717) is 0 Å². The van der Waals surface area contributed by atoms with E-state index in [-0.39, 0.29) is 16.9 Å². The summed E-state index contributed by atoms with van der Waals surface area (Å²) in [4.78, 5) is 0. The Morgan fingerprint density at radius 3 is 2.15 bits per heavy atom. The molecule has 1 unspecified atom stereocenters. The van der Waals surface area contributed by atoms with Crippen LogP contribution in [-0.2, 0) is 0 Å². The molecule has 0 spiro atoms. The van der Waals surface area contributed by atoms with Crippen LogP contribution in [-0.4, -0.2) is 7.05 Å². The zero-order valence-corrected chi connectivity index (χ0v) is 13.0. The molecule has 1 nitrogen and oxygen atoms in total. The maximum absolute atomic E-state index is 13.3. The highest BCUT2D eigenvalue weighted by molar-refractivity contribution is 6.30. The molecule has 0 heterocycles. The summed E-state index contributed by atoms with van der Waals surface area (Å²) >= 11 is 5.90. The first-order chi connectivity index (χ1) is 9.43. The highest BCUT2D eigenvalue weighted by atomic mass is 35.5. The Morgan fingerprint density at radius 2 is 1.65 bits per heavy atom. The van der Waals surface area contributed by atoms with Crippen molar-refractivity contribution in [2.75, 3.05) is 7.05 Å². The largest absolute Gasteiger partial charge is 0.309 e. The van der Waals surface area contributed by atoms with Crippen LogP contribution >= 0.6 is 11.6 Å². The van der Waals surface area contributed by atoms with Gasteiger partial charge < -0.3 is 5.32 Å². The molecule has 0 radical (unpaired) electrons. The fourth-order valence-corrected chi connectivity index (χ4v) is 3.01. The number of hydrogen-bond acceptors (Lipinski definition) is 1. The molecule has 0 amide bonds. The predicted octanol–water partition coefficient (Wildman–Crippen LogP) is 4.71. The van der Waals surface area contributed by atoms with Gasteiger partial charge in [0.15, 0.2) is 0 Å². The lowest BCUT2D eigenvalue weighted by Gasteiger charge is -2.22. The first-order valence-corrected chi connectivity index (χ1v) is 7.01. The van der Waals surface area contributed by atoms with Crippen LogP contribution in [0.5, 0.6) is 0 Å². The van der Waals surface area contributed by atoms with Gasteiger partial charge in [0.05, 0.1) is 11.1 Å². The third kappa shape index (κ3) is 2.87. The van der Waals surface area contributed by atoms with Crippen molar-refractivity contribution >= 4 is 11.6 Å². The van der Waals surface area contributed by atoms with E-state index in [1.54, 1.807) is 12.1 Å². The Bertz CT molecular complexity index is 614. The fourth-order valence-electron chi connectivity index (χ4n) is 2.82. The zero-order chi connectivity index (χ0) is 14.9. The Morgan fingerprint density at radius 1 is 1.05 bits per heavy atom. The van der Waals surface area contributed by atoms with E-state index in [4.69, 9.17) is 11.6 Å². The maximum Gasteiger partial charge on any atom is 0.141 e. The molecule has 2 rings (SSSR count). The zero-order valence-electron chi connectivity index (χ0n) is 12.2. The SMILES string of the molecule is CNC(c1ccc(F)c(Cl)c1)c1c(C)cc(C)cc1C. The van der Waals surface area contributed by atoms with Crippen LogP contribution in [0.15, 0.2) is 30.3 Å². The Labute approximate surface area is 124 Å². The van der Waals surface area contributed by atoms with Gasteiger partial charge in [-0.25, -0.2) is 4.39 Å². The van der Waals surface area contributed by atoms with Crippen molar-refractivity contribution in [3.05, 3.63) is 69.0 Å². The van der Waals surface area contributed by atoms with E-state index in [0.717, 1.165) is 5.56 Å². The van der Waals surface area contributed by atoms with Crippen molar-refractivity contribution < 1.29 is 4.39 Å². The van der Waals surface area contributed by atoms with Crippen molar-refractivity contribution in [2.45, 2.75) is 26.8 Å². The van der Waals surface area contributed by atoms with Gasteiger partial charge in [-0.15, -0.1) is 0 Å². The number of nitrogens with one attached hydrogen (secondary N) is 1. The van der Waals surface area contributed by atoms with E-state index < -0.39 is 0 Å². The van der Waals surface area contributed by atoms with E-state index in [1.807, 2.05) is 7.05 Å². The summed E-state index contributed by atoms with van der Waals surface area (Å²) < 4.78 is 13.3. The third-order valence-corrected chi connectivity index (χ3v) is 3.88. The van der Waals surface area contributed by atoms with E-state index in [9.17, 15) is 4.39 Å². The molecule has 2 aromatic carbocycles. The summed E-state index contributed by atoms with van der Waals surface area (Å²) in [6.45, 7) is 6.29. The number of hydrogen-bond donors (Lipinski definition) is 1. The second-order valence-electron chi connectivity index (χ2n) is 5.21. The van der Waals surface area contributed by atoms with Gasteiger partial charge in [0.1, 0.15) is 5.82 Å². The first kappa shape index (κ1) is 15.0. The van der Waals surface area contributed by atoms with Crippen LogP contribution in [0.1, 0.15) is 33.9 Å². The van der Waals surface area contributed by atoms with Crippen molar-refractivity contribution in [2.24, 2.45) is 0 Å². The lowest BCUT2D eigenvalue weighted by atomic mass is 9.90. The van der Waals surface area contributed by atoms with Gasteiger partial charge in [0.25, 0.3) is 0 Å². The van der Waals surface area contributed by atoms with Gasteiger partial charge in [-0.2, -0.15) is 0 Å². The van der Waals surface area contributed by atoms with Crippen LogP contribution in [0.25, 0.3) is 0 Å². The number of halogens is 2. The average molecular weight is 292 g/mol. The van der Waals surface area contributed by atoms with Gasteiger partial charge in [-0.1, -0.05) is 35.4 Å². The smallest absolute Gasteiger partial charge is 0.141 e. The third-order valence-electron chi connectivity index (χ3n) is 3.59. The van der Waals surface area contributed by atoms with Gasteiger partial charge in [0.2, 0.25) is 0 Å². The molecule has 3 heteroatoms. The van der Waals surface area contributed by atoms with Crippen molar-refractivity contribution in [3.63, 3.8) is 0 Å². The van der Waals surface area contributed by atoms with Crippen LogP contribution in [0.4, 0.5) is 4.39 Å². The lowest BCUT2D eigenvalue weighted by Crippen LogP contribution is -2.20. The van der Waals surface area contributed by atoms with Crippen LogP contribution in [0.2, 0.25) is 5.02 Å². The molecule has 0 aliphatic carbocycles. The topological polar surface area (TPSA) is 12.0 Å². The highest BCUT2D eigenvalue weighted by Gasteiger charge is 2.18. The number of rotatable bonds is 3. The van der Waals surface area contributed by atoms with Gasteiger partial charge in [0, 0.05) is 0 Å². The second kappa shape index (κ2) is 5.94. The summed E-state index contributed by atoms with van der Waals surface area (Å²) in [6, 6.07) is 9.22. The molecule has 0 aliphatic heterocycles. The summed E-state index contributed by atoms with van der Waals surface area (Å²) in [6.07, 6.45) is 0. The molecule has 0 bridgehead atoms. The van der Waals surface area contributed by atoms with Crippen molar-refractivity contribution in [1.82, 2.24) is 5.32 Å². The second-order valence-corrected chi connectivity index (χ2v) is 5.61. The van der Waals surface area contributed by atoms with Crippen LogP contribution in [0.3, 0.4) is 0 Å². The normalized spacial score (nSPS) is 12.5. The quantitative estimate of drug-likeness (QED) is 0.863. The molecule has 106 valence electrons. The molecule has 0 saturated heterocycles. The Balaban J connectivity index is 2.55. The molecule has 20 heavy (non-hydrogen) atoms. The maximum atomic E-state index is 13.3. The van der Waals surface area contributed by atoms with Gasteiger partial charge in [-0.3, -0.25) is 0 Å². The van der Waals surface area contributed by atoms with Crippen molar-refractivity contribution in [1.29, 1.82) is 0 Å². The number of benzene rings is 2. The van der Waals surface area contributed by atoms with Gasteiger partial charge in [-0.05, 0) is 62.2 Å². The summed E-state index contributed by atoms with van der Waals surface area (Å²) in [5.41, 5.74) is 5.88. The first-order valence-electron chi connectivity index (χ1n) is 6.64. The Kier molecular flexibility index (Phi) is 4.46. The molecule has 0 aliphatic rings. The van der Waals surface area contributed by atoms with Crippen LogP contribution in [0, 0.1) is 26.6 Å². The van der Waals surface area contributed by atoms with E-state index in [2.05, 4.69) is 38.2 Å². The fraction of sp³-hybridized carbons (Fsp3) is 0.294. The monoisotopic (exact) mass is 291 g/mol. The molecule has 0 saturated carbocycles. The predicted molar refractivity (Wildman–Crippen MR) is 83.0 cm³/mol. The molecular formula is C17H19ClFN. The summed E-state index contributed by atoms with van der Waals surface area (Å²) in [7, 11) is 1.90. The lowest BCUT2D eigenvalue weighted by molar-refractivity contribution is 0.623. The average Bonchev–Trinajstić information content (AvgIpc) is 2.37. The minimum atomic E-state index is -0.386. The minimum absolute atomic E-state index is 0.00806. The number of aryl methyl sites for hydroxylation is 3. The molecular weight excluding hydrogens is 273 g/mol. The van der Waals surface area contributed by atoms with Crippen molar-refractivity contribution in [3.8, 4) is 0 Å². The standard InChI is InChI=1S/C17H19ClFN/c1-10-7-11(2)16(12(3)8-10)17(20-4)13-5-6-15(19)14(18)9-13/h5-9,17,20H,1-4H3. The van der Waals surface area contributed by atoms with Crippen LogP contribution < -0.4 is 5.32 Å². The van der Waals surface area contributed by atoms with E-state index >= 15 is 0 Å². The van der Waals surface area contributed by atoms with Gasteiger partial charge >= 0.3 is 0 Å². The molecule has 1 atom stereocenters. The molecule has 2 aromatic rings. The summed E-state index contributed by atoms with van der Waals surface area (Å²) in [5.74, 6) is -0.386. The van der Waals surface area contributed by atoms with E-state index in [1.165, 1.54) is 28.3 Å². The highest BCUT2D eigenvalue weighted by Crippen LogP contribution is 2.30. The molecule has 0 aromatic heterocycles. The molecule has 0 fully saturated rings. The minimum Gasteiger partial charge on any atom is -0.309 e. The summed E-state index contributed by atoms with van der Waals surface area (Å²) in [5, 5.41) is 3.46. The Hall–Kier alpha value is -1.38.